The van der Waals surface area contributed by atoms with E-state index in [4.69, 9.17) is 0 Å². The number of rotatable bonds is 4. The van der Waals surface area contributed by atoms with Crippen molar-refractivity contribution in [2.24, 2.45) is 0 Å². The number of hydrogen-bond acceptors (Lipinski definition) is 3. The van der Waals surface area contributed by atoms with E-state index in [9.17, 15) is 4.79 Å². The smallest absolute Gasteiger partial charge is 0.253 e. The summed E-state index contributed by atoms with van der Waals surface area (Å²) < 4.78 is 0. The predicted octanol–water partition coefficient (Wildman–Crippen LogP) is 1.83. The minimum absolute atomic E-state index is 0.0309. The standard InChI is InChI=1S/C12H16N4O/c1-3-4-7-16(2)12(17)9-5-6-10-11(8-9)14-15-13-10/h5-6,8H,3-4,7H2,1-2H3,(H,13,14,15). The van der Waals surface area contributed by atoms with E-state index in [1.54, 1.807) is 23.1 Å². The molecule has 0 saturated heterocycles. The molecule has 1 heterocycles. The lowest BCUT2D eigenvalue weighted by Gasteiger charge is -2.16. The third-order valence-corrected chi connectivity index (χ3v) is 2.76. The number of amides is 1. The van der Waals surface area contributed by atoms with Crippen LogP contribution in [-0.4, -0.2) is 39.8 Å². The third kappa shape index (κ3) is 2.43. The Hall–Kier alpha value is -1.91. The van der Waals surface area contributed by atoms with Crippen molar-refractivity contribution in [1.82, 2.24) is 20.3 Å². The van der Waals surface area contributed by atoms with E-state index in [-0.39, 0.29) is 5.91 Å². The Kier molecular flexibility index (Phi) is 3.37. The Morgan fingerprint density at radius 3 is 2.88 bits per heavy atom. The number of benzene rings is 1. The normalized spacial score (nSPS) is 10.7. The summed E-state index contributed by atoms with van der Waals surface area (Å²) in [5.41, 5.74) is 2.16. The van der Waals surface area contributed by atoms with Gasteiger partial charge in [0.1, 0.15) is 11.0 Å². The fraction of sp³-hybridized carbons (Fsp3) is 0.417. The second kappa shape index (κ2) is 4.95. The van der Waals surface area contributed by atoms with Crippen LogP contribution in [0.25, 0.3) is 11.0 Å². The van der Waals surface area contributed by atoms with Crippen LogP contribution in [0.4, 0.5) is 0 Å². The molecule has 0 saturated carbocycles. The van der Waals surface area contributed by atoms with Gasteiger partial charge >= 0.3 is 0 Å². The predicted molar refractivity (Wildman–Crippen MR) is 65.8 cm³/mol. The van der Waals surface area contributed by atoms with Gasteiger partial charge < -0.3 is 4.90 Å². The van der Waals surface area contributed by atoms with Crippen molar-refractivity contribution < 1.29 is 4.79 Å². The van der Waals surface area contributed by atoms with E-state index >= 15 is 0 Å². The first-order valence-corrected chi connectivity index (χ1v) is 5.78. The molecule has 2 aromatic rings. The van der Waals surface area contributed by atoms with Crippen molar-refractivity contribution in [2.75, 3.05) is 13.6 Å². The van der Waals surface area contributed by atoms with E-state index in [1.165, 1.54) is 0 Å². The van der Waals surface area contributed by atoms with Gasteiger partial charge in [-0.25, -0.2) is 0 Å². The molecule has 17 heavy (non-hydrogen) atoms. The average Bonchev–Trinajstić information content (AvgIpc) is 2.81. The monoisotopic (exact) mass is 232 g/mol. The fourth-order valence-electron chi connectivity index (χ4n) is 1.69. The van der Waals surface area contributed by atoms with Gasteiger partial charge in [-0.1, -0.05) is 13.3 Å². The van der Waals surface area contributed by atoms with Gasteiger partial charge in [0.25, 0.3) is 5.91 Å². The zero-order valence-corrected chi connectivity index (χ0v) is 10.1. The molecule has 0 aliphatic heterocycles. The number of carbonyl (C=O) groups is 1. The van der Waals surface area contributed by atoms with Gasteiger partial charge in [-0.3, -0.25) is 4.79 Å². The maximum absolute atomic E-state index is 12.1. The number of H-pyrrole nitrogens is 1. The Balaban J connectivity index is 2.17. The van der Waals surface area contributed by atoms with Gasteiger partial charge in [0.2, 0.25) is 0 Å². The molecule has 5 heteroatoms. The molecule has 1 aromatic carbocycles. The summed E-state index contributed by atoms with van der Waals surface area (Å²) in [5.74, 6) is 0.0309. The number of nitrogens with zero attached hydrogens (tertiary/aromatic N) is 3. The second-order valence-corrected chi connectivity index (χ2v) is 4.11. The van der Waals surface area contributed by atoms with Crippen LogP contribution in [0.5, 0.6) is 0 Å². The Labute approximate surface area is 99.8 Å². The van der Waals surface area contributed by atoms with Crippen LogP contribution in [0, 0.1) is 0 Å². The van der Waals surface area contributed by atoms with Gasteiger partial charge in [-0.15, -0.1) is 0 Å². The first-order valence-electron chi connectivity index (χ1n) is 5.78. The highest BCUT2D eigenvalue weighted by Crippen LogP contribution is 2.12. The lowest BCUT2D eigenvalue weighted by Crippen LogP contribution is -2.27. The fourth-order valence-corrected chi connectivity index (χ4v) is 1.69. The van der Waals surface area contributed by atoms with E-state index in [0.717, 1.165) is 30.4 Å². The maximum atomic E-state index is 12.1. The Morgan fingerprint density at radius 2 is 2.12 bits per heavy atom. The lowest BCUT2D eigenvalue weighted by atomic mass is 10.1. The number of aromatic amines is 1. The highest BCUT2D eigenvalue weighted by atomic mass is 16.2. The number of carbonyl (C=O) groups excluding carboxylic acids is 1. The van der Waals surface area contributed by atoms with E-state index in [2.05, 4.69) is 22.3 Å². The molecule has 0 atom stereocenters. The summed E-state index contributed by atoms with van der Waals surface area (Å²) in [6, 6.07) is 5.36. The Bertz CT molecular complexity index is 520. The van der Waals surface area contributed by atoms with E-state index in [1.807, 2.05) is 7.05 Å². The first-order chi connectivity index (χ1) is 8.22. The molecular formula is C12H16N4O. The summed E-state index contributed by atoms with van der Waals surface area (Å²) in [6.45, 7) is 2.89. The van der Waals surface area contributed by atoms with Gasteiger partial charge in [0, 0.05) is 19.2 Å². The van der Waals surface area contributed by atoms with Crippen molar-refractivity contribution in [3.05, 3.63) is 23.8 Å². The molecule has 5 nitrogen and oxygen atoms in total. The largest absolute Gasteiger partial charge is 0.342 e. The number of unbranched alkanes of at least 4 members (excludes halogenated alkanes) is 1. The van der Waals surface area contributed by atoms with Gasteiger partial charge in [-0.05, 0) is 24.6 Å². The molecule has 2 rings (SSSR count). The molecule has 0 fully saturated rings. The summed E-state index contributed by atoms with van der Waals surface area (Å²) in [6.07, 6.45) is 2.11. The molecule has 1 aromatic heterocycles. The summed E-state index contributed by atoms with van der Waals surface area (Å²) in [5, 5.41) is 10.5. The summed E-state index contributed by atoms with van der Waals surface area (Å²) in [7, 11) is 1.82. The number of fused-ring (bicyclic) bond motifs is 1. The van der Waals surface area contributed by atoms with Crippen molar-refractivity contribution in [1.29, 1.82) is 0 Å². The SMILES string of the molecule is CCCCN(C)C(=O)c1ccc2n[nH]nc2c1. The van der Waals surface area contributed by atoms with Gasteiger partial charge in [0.15, 0.2) is 0 Å². The molecule has 90 valence electrons. The van der Waals surface area contributed by atoms with Gasteiger partial charge in [-0.2, -0.15) is 15.4 Å². The van der Waals surface area contributed by atoms with Crippen LogP contribution in [-0.2, 0) is 0 Å². The zero-order chi connectivity index (χ0) is 12.3. The van der Waals surface area contributed by atoms with Crippen LogP contribution in [0.1, 0.15) is 30.1 Å². The van der Waals surface area contributed by atoms with Crippen LogP contribution in [0.2, 0.25) is 0 Å². The van der Waals surface area contributed by atoms with Crippen LogP contribution in [0.3, 0.4) is 0 Å². The molecular weight excluding hydrogens is 216 g/mol. The van der Waals surface area contributed by atoms with Crippen molar-refractivity contribution >= 4 is 16.9 Å². The molecule has 0 spiro atoms. The lowest BCUT2D eigenvalue weighted by molar-refractivity contribution is 0.0793. The van der Waals surface area contributed by atoms with Gasteiger partial charge in [0.05, 0.1) is 0 Å². The number of nitrogens with one attached hydrogen (secondary N) is 1. The molecule has 1 amide bonds. The van der Waals surface area contributed by atoms with Crippen molar-refractivity contribution in [3.8, 4) is 0 Å². The highest BCUT2D eigenvalue weighted by molar-refractivity contribution is 5.97. The van der Waals surface area contributed by atoms with Crippen LogP contribution < -0.4 is 0 Å². The summed E-state index contributed by atoms with van der Waals surface area (Å²) >= 11 is 0. The van der Waals surface area contributed by atoms with Crippen molar-refractivity contribution in [2.45, 2.75) is 19.8 Å². The summed E-state index contributed by atoms with van der Waals surface area (Å²) in [4.78, 5) is 13.8. The molecule has 0 radical (unpaired) electrons. The van der Waals surface area contributed by atoms with Crippen LogP contribution >= 0.6 is 0 Å². The molecule has 0 aliphatic rings. The quantitative estimate of drug-likeness (QED) is 0.874. The van der Waals surface area contributed by atoms with E-state index < -0.39 is 0 Å². The highest BCUT2D eigenvalue weighted by Gasteiger charge is 2.12. The molecule has 0 bridgehead atoms. The third-order valence-electron chi connectivity index (χ3n) is 2.76. The maximum Gasteiger partial charge on any atom is 0.253 e. The molecule has 1 N–H and O–H groups in total. The first kappa shape index (κ1) is 11.6. The zero-order valence-electron chi connectivity index (χ0n) is 10.1. The topological polar surface area (TPSA) is 61.9 Å². The minimum Gasteiger partial charge on any atom is -0.342 e. The van der Waals surface area contributed by atoms with Crippen LogP contribution in [0.15, 0.2) is 18.2 Å². The molecule has 0 aliphatic carbocycles. The number of aromatic nitrogens is 3. The minimum atomic E-state index is 0.0309. The number of hydrogen-bond donors (Lipinski definition) is 1. The van der Waals surface area contributed by atoms with E-state index in [0.29, 0.717) is 5.56 Å². The Morgan fingerprint density at radius 1 is 1.35 bits per heavy atom. The molecule has 0 unspecified atom stereocenters. The average molecular weight is 232 g/mol. The van der Waals surface area contributed by atoms with Crippen molar-refractivity contribution in [3.63, 3.8) is 0 Å². The second-order valence-electron chi connectivity index (χ2n) is 4.11.